The van der Waals surface area contributed by atoms with E-state index in [4.69, 9.17) is 5.73 Å². The molecule has 0 aliphatic carbocycles. The summed E-state index contributed by atoms with van der Waals surface area (Å²) < 4.78 is 26.9. The van der Waals surface area contributed by atoms with Gasteiger partial charge in [-0.15, -0.1) is 0 Å². The number of hydrogen-bond donors (Lipinski definition) is 1. The van der Waals surface area contributed by atoms with E-state index in [2.05, 4.69) is 0 Å². The predicted octanol–water partition coefficient (Wildman–Crippen LogP) is 1.40. The SMILES string of the molecule is Cc1ccc([N+](=O)[O-])cc1S(=O)(=O)N1CCC(N)CC1C. The van der Waals surface area contributed by atoms with Gasteiger partial charge in [0, 0.05) is 30.8 Å². The number of sulfonamides is 1. The number of piperidine rings is 1. The van der Waals surface area contributed by atoms with Gasteiger partial charge >= 0.3 is 0 Å². The molecule has 1 aliphatic rings. The molecule has 116 valence electrons. The van der Waals surface area contributed by atoms with Crippen molar-refractivity contribution in [2.24, 2.45) is 5.73 Å². The van der Waals surface area contributed by atoms with Crippen molar-refractivity contribution in [1.29, 1.82) is 0 Å². The van der Waals surface area contributed by atoms with E-state index in [-0.39, 0.29) is 22.7 Å². The molecule has 1 aromatic rings. The van der Waals surface area contributed by atoms with Crippen LogP contribution in [0.25, 0.3) is 0 Å². The Bertz CT molecular complexity index is 659. The second kappa shape index (κ2) is 5.70. The van der Waals surface area contributed by atoms with Crippen LogP contribution in [0.15, 0.2) is 23.1 Å². The van der Waals surface area contributed by atoms with E-state index >= 15 is 0 Å². The topological polar surface area (TPSA) is 107 Å². The van der Waals surface area contributed by atoms with Gasteiger partial charge in [-0.1, -0.05) is 6.07 Å². The molecule has 1 fully saturated rings. The lowest BCUT2D eigenvalue weighted by molar-refractivity contribution is -0.385. The molecule has 0 aromatic heterocycles. The number of nitro groups is 1. The minimum absolute atomic E-state index is 0.000906. The third-order valence-electron chi connectivity index (χ3n) is 3.82. The smallest absolute Gasteiger partial charge is 0.270 e. The van der Waals surface area contributed by atoms with Crippen LogP contribution in [-0.2, 0) is 10.0 Å². The van der Waals surface area contributed by atoms with Gasteiger partial charge in [0.2, 0.25) is 10.0 Å². The first-order valence-corrected chi connectivity index (χ1v) is 8.20. The summed E-state index contributed by atoms with van der Waals surface area (Å²) >= 11 is 0. The maximum atomic E-state index is 12.8. The molecule has 21 heavy (non-hydrogen) atoms. The summed E-state index contributed by atoms with van der Waals surface area (Å²) in [6.07, 6.45) is 1.19. The van der Waals surface area contributed by atoms with E-state index in [0.717, 1.165) is 6.07 Å². The molecular formula is C13H19N3O4S. The average molecular weight is 313 g/mol. The van der Waals surface area contributed by atoms with Gasteiger partial charge < -0.3 is 5.73 Å². The fourth-order valence-electron chi connectivity index (χ4n) is 2.65. The van der Waals surface area contributed by atoms with Crippen molar-refractivity contribution < 1.29 is 13.3 Å². The molecule has 1 heterocycles. The molecule has 1 aliphatic heterocycles. The lowest BCUT2D eigenvalue weighted by Gasteiger charge is -2.35. The molecule has 1 aromatic carbocycles. The Morgan fingerprint density at radius 3 is 2.67 bits per heavy atom. The molecule has 2 N–H and O–H groups in total. The van der Waals surface area contributed by atoms with Crippen LogP contribution in [0.2, 0.25) is 0 Å². The zero-order valence-electron chi connectivity index (χ0n) is 12.0. The first-order valence-electron chi connectivity index (χ1n) is 6.76. The molecule has 8 heteroatoms. The largest absolute Gasteiger partial charge is 0.328 e. The van der Waals surface area contributed by atoms with Crippen LogP contribution in [0.5, 0.6) is 0 Å². The highest BCUT2D eigenvalue weighted by atomic mass is 32.2. The Morgan fingerprint density at radius 2 is 2.10 bits per heavy atom. The molecule has 2 rings (SSSR count). The highest BCUT2D eigenvalue weighted by Gasteiger charge is 2.34. The maximum Gasteiger partial charge on any atom is 0.270 e. The molecule has 7 nitrogen and oxygen atoms in total. The Morgan fingerprint density at radius 1 is 1.43 bits per heavy atom. The Hall–Kier alpha value is -1.51. The standard InChI is InChI=1S/C13H19N3O4S/c1-9-3-4-12(16(17)18)8-13(9)21(19,20)15-6-5-11(14)7-10(15)2/h3-4,8,10-11H,5-7,14H2,1-2H3. The number of rotatable bonds is 3. The van der Waals surface area contributed by atoms with Gasteiger partial charge in [0.05, 0.1) is 9.82 Å². The monoisotopic (exact) mass is 313 g/mol. The Labute approximate surface area is 123 Å². The van der Waals surface area contributed by atoms with Gasteiger partial charge in [0.1, 0.15) is 0 Å². The summed E-state index contributed by atoms with van der Waals surface area (Å²) in [5.41, 5.74) is 6.13. The van der Waals surface area contributed by atoms with Gasteiger partial charge in [-0.3, -0.25) is 10.1 Å². The van der Waals surface area contributed by atoms with Gasteiger partial charge in [0.25, 0.3) is 5.69 Å². The van der Waals surface area contributed by atoms with Gasteiger partial charge in [-0.05, 0) is 32.3 Å². The first kappa shape index (κ1) is 15.9. The molecule has 0 bridgehead atoms. The highest BCUT2D eigenvalue weighted by Crippen LogP contribution is 2.29. The number of nitro benzene ring substituents is 1. The predicted molar refractivity (Wildman–Crippen MR) is 78.4 cm³/mol. The number of nitrogens with two attached hydrogens (primary N) is 1. The number of benzene rings is 1. The van der Waals surface area contributed by atoms with E-state index in [0.29, 0.717) is 24.9 Å². The van der Waals surface area contributed by atoms with Crippen molar-refractivity contribution in [2.75, 3.05) is 6.54 Å². The van der Waals surface area contributed by atoms with Crippen LogP contribution in [0.3, 0.4) is 0 Å². The van der Waals surface area contributed by atoms with E-state index in [9.17, 15) is 18.5 Å². The van der Waals surface area contributed by atoms with Crippen molar-refractivity contribution in [3.63, 3.8) is 0 Å². The van der Waals surface area contributed by atoms with Crippen molar-refractivity contribution in [2.45, 2.75) is 43.7 Å². The number of non-ortho nitro benzene ring substituents is 1. The third kappa shape index (κ3) is 3.07. The van der Waals surface area contributed by atoms with Crippen LogP contribution < -0.4 is 5.73 Å². The first-order chi connectivity index (χ1) is 9.73. The van der Waals surface area contributed by atoms with Crippen LogP contribution in [0.4, 0.5) is 5.69 Å². The lowest BCUT2D eigenvalue weighted by Crippen LogP contribution is -2.48. The molecule has 2 unspecified atom stereocenters. The highest BCUT2D eigenvalue weighted by molar-refractivity contribution is 7.89. The summed E-state index contributed by atoms with van der Waals surface area (Å²) in [7, 11) is -3.75. The van der Waals surface area contributed by atoms with Gasteiger partial charge in [-0.2, -0.15) is 4.31 Å². The van der Waals surface area contributed by atoms with E-state index < -0.39 is 14.9 Å². The minimum Gasteiger partial charge on any atom is -0.328 e. The molecule has 1 saturated heterocycles. The molecule has 0 radical (unpaired) electrons. The van der Waals surface area contributed by atoms with Crippen LogP contribution in [0, 0.1) is 17.0 Å². The Kier molecular flexibility index (Phi) is 4.31. The van der Waals surface area contributed by atoms with Crippen LogP contribution >= 0.6 is 0 Å². The van der Waals surface area contributed by atoms with Gasteiger partial charge in [0.15, 0.2) is 0 Å². The van der Waals surface area contributed by atoms with Crippen molar-refractivity contribution >= 4 is 15.7 Å². The number of nitrogens with zero attached hydrogens (tertiary/aromatic N) is 2. The summed E-state index contributed by atoms with van der Waals surface area (Å²) in [5.74, 6) is 0. The fourth-order valence-corrected chi connectivity index (χ4v) is 4.55. The van der Waals surface area contributed by atoms with Crippen molar-refractivity contribution in [3.8, 4) is 0 Å². The second-order valence-electron chi connectivity index (χ2n) is 5.46. The minimum atomic E-state index is -3.75. The summed E-state index contributed by atoms with van der Waals surface area (Å²) in [4.78, 5) is 10.3. The van der Waals surface area contributed by atoms with Crippen LogP contribution in [-0.4, -0.2) is 36.3 Å². The Balaban J connectivity index is 2.44. The fraction of sp³-hybridized carbons (Fsp3) is 0.538. The van der Waals surface area contributed by atoms with Crippen molar-refractivity contribution in [1.82, 2.24) is 4.31 Å². The second-order valence-corrected chi connectivity index (χ2v) is 7.32. The average Bonchev–Trinajstić information content (AvgIpc) is 2.38. The summed E-state index contributed by atoms with van der Waals surface area (Å²) in [6.45, 7) is 3.78. The van der Waals surface area contributed by atoms with E-state index in [1.807, 2.05) is 6.92 Å². The summed E-state index contributed by atoms with van der Waals surface area (Å²) in [6, 6.07) is 3.69. The summed E-state index contributed by atoms with van der Waals surface area (Å²) in [5, 5.41) is 10.9. The number of aryl methyl sites for hydroxylation is 1. The molecule has 2 atom stereocenters. The normalized spacial score (nSPS) is 24.0. The molecule has 0 amide bonds. The maximum absolute atomic E-state index is 12.8. The zero-order valence-corrected chi connectivity index (χ0v) is 12.8. The van der Waals surface area contributed by atoms with Crippen molar-refractivity contribution in [3.05, 3.63) is 33.9 Å². The van der Waals surface area contributed by atoms with Gasteiger partial charge in [-0.25, -0.2) is 8.42 Å². The zero-order chi connectivity index (χ0) is 15.8. The molecule has 0 spiro atoms. The van der Waals surface area contributed by atoms with E-state index in [1.165, 1.54) is 16.4 Å². The lowest BCUT2D eigenvalue weighted by atomic mass is 10.0. The molecule has 0 saturated carbocycles. The molecular weight excluding hydrogens is 294 g/mol. The quantitative estimate of drug-likeness (QED) is 0.670. The third-order valence-corrected chi connectivity index (χ3v) is 5.98. The number of hydrogen-bond acceptors (Lipinski definition) is 5. The van der Waals surface area contributed by atoms with Crippen LogP contribution in [0.1, 0.15) is 25.3 Å². The van der Waals surface area contributed by atoms with E-state index in [1.54, 1.807) is 6.92 Å².